The molecular weight excluding hydrogens is 249 g/mol. The number of nitrogens with zero attached hydrogens (tertiary/aromatic N) is 1. The fourth-order valence-electron chi connectivity index (χ4n) is 0.877. The first-order valence-electron chi connectivity index (χ1n) is 3.53. The molecule has 15 heavy (non-hydrogen) atoms. The zero-order chi connectivity index (χ0) is 11.8. The third-order valence-corrected chi connectivity index (χ3v) is 2.64. The molecule has 8 heteroatoms. The van der Waals surface area contributed by atoms with E-state index in [9.17, 15) is 17.6 Å². The second kappa shape index (κ2) is 3.74. The van der Waals surface area contributed by atoms with Gasteiger partial charge >= 0.3 is 5.97 Å². The summed E-state index contributed by atoms with van der Waals surface area (Å²) >= 11 is 5.37. The van der Waals surface area contributed by atoms with Crippen LogP contribution in [0.2, 0.25) is 5.15 Å². The van der Waals surface area contributed by atoms with Crippen LogP contribution in [0.1, 0.15) is 10.4 Å². The summed E-state index contributed by atoms with van der Waals surface area (Å²) in [5.74, 6) is -3.02. The molecule has 0 spiro atoms. The van der Waals surface area contributed by atoms with Gasteiger partial charge in [0.15, 0.2) is 20.7 Å². The minimum Gasteiger partial charge on any atom is -0.478 e. The molecule has 1 aromatic rings. The Bertz CT molecular complexity index is 528. The molecule has 0 aliphatic carbocycles. The standard InChI is InChI=1S/C7H5ClFNO4S/c1-15(13,14)6-5(9)3(7(11)12)2-4(8)10-6/h2H,1H3,(H,11,12). The Kier molecular flexibility index (Phi) is 2.96. The van der Waals surface area contributed by atoms with Gasteiger partial charge in [-0.05, 0) is 6.07 Å². The highest BCUT2D eigenvalue weighted by Gasteiger charge is 2.23. The molecule has 0 aliphatic rings. The Hall–Kier alpha value is -1.21. The van der Waals surface area contributed by atoms with Crippen molar-refractivity contribution in [3.05, 3.63) is 22.6 Å². The number of aromatic nitrogens is 1. The van der Waals surface area contributed by atoms with Crippen molar-refractivity contribution in [3.8, 4) is 0 Å². The lowest BCUT2D eigenvalue weighted by Crippen LogP contribution is -2.10. The Labute approximate surface area is 89.4 Å². The minimum absolute atomic E-state index is 0.394. The van der Waals surface area contributed by atoms with Gasteiger partial charge in [-0.2, -0.15) is 0 Å². The Morgan fingerprint density at radius 2 is 2.13 bits per heavy atom. The molecular formula is C7H5ClFNO4S. The summed E-state index contributed by atoms with van der Waals surface area (Å²) in [7, 11) is -3.95. The molecule has 0 radical (unpaired) electrons. The van der Waals surface area contributed by atoms with Crippen LogP contribution in [0, 0.1) is 5.82 Å². The zero-order valence-electron chi connectivity index (χ0n) is 7.36. The fraction of sp³-hybridized carbons (Fsp3) is 0.143. The summed E-state index contributed by atoms with van der Waals surface area (Å²) in [6, 6.07) is 0.744. The number of carboxylic acid groups (broad SMARTS) is 1. The van der Waals surface area contributed by atoms with E-state index in [1.54, 1.807) is 0 Å². The van der Waals surface area contributed by atoms with Crippen molar-refractivity contribution >= 4 is 27.4 Å². The Morgan fingerprint density at radius 1 is 1.60 bits per heavy atom. The average Bonchev–Trinajstić information content (AvgIpc) is 2.06. The molecule has 0 saturated carbocycles. The predicted molar refractivity (Wildman–Crippen MR) is 49.3 cm³/mol. The second-order valence-electron chi connectivity index (χ2n) is 2.69. The minimum atomic E-state index is -3.95. The third-order valence-electron chi connectivity index (χ3n) is 1.48. The number of pyridine rings is 1. The summed E-state index contributed by atoms with van der Waals surface area (Å²) in [6.07, 6.45) is 0.709. The summed E-state index contributed by atoms with van der Waals surface area (Å²) < 4.78 is 35.4. The number of hydrogen-bond acceptors (Lipinski definition) is 4. The predicted octanol–water partition coefficient (Wildman–Crippen LogP) is 0.976. The van der Waals surface area contributed by atoms with Crippen molar-refractivity contribution < 1.29 is 22.7 Å². The van der Waals surface area contributed by atoms with E-state index in [2.05, 4.69) is 4.98 Å². The molecule has 0 bridgehead atoms. The molecule has 0 fully saturated rings. The molecule has 82 valence electrons. The molecule has 0 aliphatic heterocycles. The zero-order valence-corrected chi connectivity index (χ0v) is 8.93. The first-order chi connectivity index (χ1) is 6.73. The summed E-state index contributed by atoms with van der Waals surface area (Å²) in [4.78, 5) is 13.8. The van der Waals surface area contributed by atoms with Crippen LogP contribution in [0.25, 0.3) is 0 Å². The fourth-order valence-corrected chi connectivity index (χ4v) is 1.82. The number of hydrogen-bond donors (Lipinski definition) is 1. The number of carbonyl (C=O) groups is 1. The van der Waals surface area contributed by atoms with Gasteiger partial charge in [-0.1, -0.05) is 11.6 Å². The van der Waals surface area contributed by atoms with E-state index in [1.165, 1.54) is 0 Å². The molecule has 0 amide bonds. The van der Waals surface area contributed by atoms with Crippen LogP contribution in [0.3, 0.4) is 0 Å². The van der Waals surface area contributed by atoms with Crippen LogP contribution in [0.5, 0.6) is 0 Å². The molecule has 0 aromatic carbocycles. The van der Waals surface area contributed by atoms with Gasteiger partial charge in [-0.15, -0.1) is 0 Å². The monoisotopic (exact) mass is 253 g/mol. The van der Waals surface area contributed by atoms with E-state index in [0.29, 0.717) is 6.26 Å². The molecule has 0 unspecified atom stereocenters. The van der Waals surface area contributed by atoms with Crippen LogP contribution >= 0.6 is 11.6 Å². The third kappa shape index (κ3) is 2.42. The smallest absolute Gasteiger partial charge is 0.338 e. The van der Waals surface area contributed by atoms with E-state index in [-0.39, 0.29) is 0 Å². The SMILES string of the molecule is CS(=O)(=O)c1nc(Cl)cc(C(=O)O)c1F. The highest BCUT2D eigenvalue weighted by Crippen LogP contribution is 2.19. The van der Waals surface area contributed by atoms with E-state index in [1.807, 2.05) is 0 Å². The summed E-state index contributed by atoms with van der Waals surface area (Å²) in [5, 5.41) is 7.20. The first-order valence-corrected chi connectivity index (χ1v) is 5.80. The van der Waals surface area contributed by atoms with Crippen LogP contribution in [-0.2, 0) is 9.84 Å². The van der Waals surface area contributed by atoms with E-state index < -0.39 is 37.4 Å². The molecule has 0 atom stereocenters. The maximum atomic E-state index is 13.3. The largest absolute Gasteiger partial charge is 0.478 e. The van der Waals surface area contributed by atoms with Gasteiger partial charge in [0, 0.05) is 6.26 Å². The van der Waals surface area contributed by atoms with Crippen molar-refractivity contribution in [2.75, 3.05) is 6.26 Å². The summed E-state index contributed by atoms with van der Waals surface area (Å²) in [6.45, 7) is 0. The first kappa shape index (κ1) is 11.9. The lowest BCUT2D eigenvalue weighted by atomic mass is 10.2. The van der Waals surface area contributed by atoms with Gasteiger partial charge < -0.3 is 5.11 Å². The molecule has 1 N–H and O–H groups in total. The average molecular weight is 254 g/mol. The van der Waals surface area contributed by atoms with Gasteiger partial charge in [0.1, 0.15) is 10.7 Å². The lowest BCUT2D eigenvalue weighted by Gasteiger charge is -2.03. The molecule has 5 nitrogen and oxygen atoms in total. The van der Waals surface area contributed by atoms with Crippen LogP contribution < -0.4 is 0 Å². The van der Waals surface area contributed by atoms with Crippen molar-refractivity contribution in [2.45, 2.75) is 5.03 Å². The van der Waals surface area contributed by atoms with Crippen LogP contribution in [-0.4, -0.2) is 30.7 Å². The van der Waals surface area contributed by atoms with Crippen molar-refractivity contribution in [2.24, 2.45) is 0 Å². The lowest BCUT2D eigenvalue weighted by molar-refractivity contribution is 0.0691. The maximum absolute atomic E-state index is 13.3. The Balaban J connectivity index is 3.63. The Morgan fingerprint density at radius 3 is 2.53 bits per heavy atom. The number of halogens is 2. The van der Waals surface area contributed by atoms with Crippen LogP contribution in [0.4, 0.5) is 4.39 Å². The van der Waals surface area contributed by atoms with Crippen molar-refractivity contribution in [3.63, 3.8) is 0 Å². The maximum Gasteiger partial charge on any atom is 0.338 e. The van der Waals surface area contributed by atoms with Gasteiger partial charge in [0.05, 0.1) is 0 Å². The number of carboxylic acids is 1. The number of rotatable bonds is 2. The normalized spacial score (nSPS) is 11.4. The van der Waals surface area contributed by atoms with Gasteiger partial charge in [0.25, 0.3) is 0 Å². The topological polar surface area (TPSA) is 84.3 Å². The van der Waals surface area contributed by atoms with Gasteiger partial charge in [0.2, 0.25) is 0 Å². The van der Waals surface area contributed by atoms with Crippen LogP contribution in [0.15, 0.2) is 11.1 Å². The highest BCUT2D eigenvalue weighted by molar-refractivity contribution is 7.90. The quantitative estimate of drug-likeness (QED) is 0.794. The highest BCUT2D eigenvalue weighted by atomic mass is 35.5. The second-order valence-corrected chi connectivity index (χ2v) is 5.01. The van der Waals surface area contributed by atoms with Gasteiger partial charge in [-0.25, -0.2) is 22.6 Å². The molecule has 0 saturated heterocycles. The molecule has 1 aromatic heterocycles. The number of sulfone groups is 1. The van der Waals surface area contributed by atoms with Crippen molar-refractivity contribution in [1.82, 2.24) is 4.98 Å². The van der Waals surface area contributed by atoms with E-state index in [0.717, 1.165) is 6.07 Å². The van der Waals surface area contributed by atoms with E-state index in [4.69, 9.17) is 16.7 Å². The summed E-state index contributed by atoms with van der Waals surface area (Å²) in [5.41, 5.74) is -0.824. The molecule has 1 rings (SSSR count). The number of aromatic carboxylic acids is 1. The van der Waals surface area contributed by atoms with E-state index >= 15 is 0 Å². The molecule has 1 heterocycles. The van der Waals surface area contributed by atoms with Crippen molar-refractivity contribution in [1.29, 1.82) is 0 Å². The van der Waals surface area contributed by atoms with Gasteiger partial charge in [-0.3, -0.25) is 0 Å².